The highest BCUT2D eigenvalue weighted by Gasteiger charge is 2.23. The molecule has 0 spiro atoms. The quantitative estimate of drug-likeness (QED) is 0.407. The molecule has 0 aliphatic rings. The normalized spacial score (nSPS) is 11.5. The van der Waals surface area contributed by atoms with E-state index in [-0.39, 0.29) is 5.56 Å². The Balaban J connectivity index is 1.90. The van der Waals surface area contributed by atoms with Gasteiger partial charge in [0, 0.05) is 29.3 Å². The van der Waals surface area contributed by atoms with Gasteiger partial charge in [-0.1, -0.05) is 54.1 Å². The molecule has 6 heteroatoms. The molecule has 29 heavy (non-hydrogen) atoms. The highest BCUT2D eigenvalue weighted by Crippen LogP contribution is 2.36. The van der Waals surface area contributed by atoms with Gasteiger partial charge in [0.05, 0.1) is 28.7 Å². The van der Waals surface area contributed by atoms with Crippen LogP contribution in [-0.4, -0.2) is 14.3 Å². The van der Waals surface area contributed by atoms with Crippen molar-refractivity contribution in [3.63, 3.8) is 0 Å². The monoisotopic (exact) mass is 403 g/mol. The second kappa shape index (κ2) is 6.94. The van der Waals surface area contributed by atoms with Crippen LogP contribution in [0.1, 0.15) is 12.5 Å². The van der Waals surface area contributed by atoms with Crippen molar-refractivity contribution in [2.75, 3.05) is 0 Å². The van der Waals surface area contributed by atoms with Crippen LogP contribution in [-0.2, 0) is 13.1 Å². The van der Waals surface area contributed by atoms with Gasteiger partial charge in [-0.15, -0.1) is 0 Å². The molecular formula is C23H18ClN3O2. The number of hydrogen-bond donors (Lipinski definition) is 0. The van der Waals surface area contributed by atoms with E-state index in [1.54, 1.807) is 21.6 Å². The van der Waals surface area contributed by atoms with Crippen molar-refractivity contribution in [1.82, 2.24) is 14.3 Å². The lowest BCUT2D eigenvalue weighted by Crippen LogP contribution is -2.20. The number of rotatable bonds is 4. The summed E-state index contributed by atoms with van der Waals surface area (Å²) in [7, 11) is 0. The highest BCUT2D eigenvalue weighted by atomic mass is 35.5. The minimum absolute atomic E-state index is 0.0552. The number of aryl methyl sites for hydroxylation is 1. The molecule has 0 radical (unpaired) electrons. The first-order chi connectivity index (χ1) is 14.2. The first-order valence-corrected chi connectivity index (χ1v) is 9.85. The molecule has 3 aromatic heterocycles. The molecule has 0 N–H and O–H groups in total. The van der Waals surface area contributed by atoms with Gasteiger partial charge in [-0.05, 0) is 19.1 Å². The average Bonchev–Trinajstić information content (AvgIpc) is 3.33. The number of furan rings is 1. The number of aromatic nitrogens is 3. The lowest BCUT2D eigenvalue weighted by Gasteiger charge is -2.09. The van der Waals surface area contributed by atoms with Crippen molar-refractivity contribution in [3.8, 4) is 11.3 Å². The zero-order chi connectivity index (χ0) is 20.0. The Labute approximate surface area is 171 Å². The number of fused-ring (bicyclic) bond motifs is 3. The van der Waals surface area contributed by atoms with Crippen molar-refractivity contribution < 1.29 is 4.42 Å². The van der Waals surface area contributed by atoms with Crippen molar-refractivity contribution in [3.05, 3.63) is 87.9 Å². The molecule has 0 fully saturated rings. The zero-order valence-electron chi connectivity index (χ0n) is 15.8. The predicted molar refractivity (Wildman–Crippen MR) is 115 cm³/mol. The van der Waals surface area contributed by atoms with Gasteiger partial charge in [0.2, 0.25) is 0 Å². The third-order valence-electron chi connectivity index (χ3n) is 5.18. The summed E-state index contributed by atoms with van der Waals surface area (Å²) >= 11 is 6.06. The van der Waals surface area contributed by atoms with Gasteiger partial charge in [-0.2, -0.15) is 5.10 Å². The smallest absolute Gasteiger partial charge is 0.262 e. The van der Waals surface area contributed by atoms with E-state index in [2.05, 4.69) is 5.10 Å². The third kappa shape index (κ3) is 2.86. The van der Waals surface area contributed by atoms with Gasteiger partial charge in [-0.25, -0.2) is 0 Å². The maximum atomic E-state index is 13.5. The lowest BCUT2D eigenvalue weighted by atomic mass is 10.0. The van der Waals surface area contributed by atoms with Gasteiger partial charge < -0.3 is 8.98 Å². The molecule has 2 aromatic carbocycles. The highest BCUT2D eigenvalue weighted by molar-refractivity contribution is 6.30. The Morgan fingerprint density at radius 2 is 1.83 bits per heavy atom. The summed E-state index contributed by atoms with van der Waals surface area (Å²) < 4.78 is 9.89. The number of para-hydroxylation sites is 1. The Bertz CT molecular complexity index is 1400. The van der Waals surface area contributed by atoms with Crippen LogP contribution in [0.25, 0.3) is 33.2 Å². The van der Waals surface area contributed by atoms with E-state index < -0.39 is 0 Å². The van der Waals surface area contributed by atoms with Gasteiger partial charge in [0.1, 0.15) is 11.3 Å². The van der Waals surface area contributed by atoms with Gasteiger partial charge >= 0.3 is 0 Å². The summed E-state index contributed by atoms with van der Waals surface area (Å²) in [6, 6.07) is 17.7. The molecule has 5 aromatic rings. The second-order valence-corrected chi connectivity index (χ2v) is 7.34. The van der Waals surface area contributed by atoms with Crippen LogP contribution in [0.2, 0.25) is 5.02 Å². The number of benzene rings is 2. The van der Waals surface area contributed by atoms with E-state index in [1.165, 1.54) is 0 Å². The van der Waals surface area contributed by atoms with Gasteiger partial charge in [-0.3, -0.25) is 9.48 Å². The summed E-state index contributed by atoms with van der Waals surface area (Å²) in [4.78, 5) is 13.5. The SMILES string of the molecule is CCn1c(=O)c2c(Cn3cc(Cl)cn3)c(-c3ccccc3)oc2c2ccccc21. The van der Waals surface area contributed by atoms with Gasteiger partial charge in [0.25, 0.3) is 5.56 Å². The fraction of sp³-hybridized carbons (Fsp3) is 0.130. The molecule has 0 amide bonds. The van der Waals surface area contributed by atoms with E-state index >= 15 is 0 Å². The minimum atomic E-state index is -0.0552. The summed E-state index contributed by atoms with van der Waals surface area (Å²) in [5, 5.41) is 6.37. The van der Waals surface area contributed by atoms with Crippen molar-refractivity contribution >= 4 is 33.5 Å². The number of halogens is 1. The molecule has 0 saturated carbocycles. The first-order valence-electron chi connectivity index (χ1n) is 9.47. The molecule has 0 unspecified atom stereocenters. The Morgan fingerprint density at radius 3 is 2.55 bits per heavy atom. The largest absolute Gasteiger partial charge is 0.455 e. The van der Waals surface area contributed by atoms with Crippen LogP contribution in [0.4, 0.5) is 0 Å². The maximum Gasteiger partial charge on any atom is 0.262 e. The van der Waals surface area contributed by atoms with Crippen LogP contribution in [0.5, 0.6) is 0 Å². The van der Waals surface area contributed by atoms with E-state index in [0.29, 0.717) is 34.8 Å². The fourth-order valence-electron chi connectivity index (χ4n) is 3.90. The Kier molecular flexibility index (Phi) is 4.25. The fourth-order valence-corrected chi connectivity index (χ4v) is 4.06. The predicted octanol–water partition coefficient (Wildman–Crippen LogP) is 5.33. The molecule has 3 heterocycles. The average molecular weight is 404 g/mol. The first kappa shape index (κ1) is 17.8. The maximum absolute atomic E-state index is 13.5. The number of hydrogen-bond acceptors (Lipinski definition) is 3. The standard InChI is InChI=1S/C23H18ClN3O2/c1-2-27-19-11-7-6-10-17(19)22-20(23(27)28)18(14-26-13-16(24)12-25-26)21(29-22)15-8-4-3-5-9-15/h3-13H,2,14H2,1H3. The van der Waals surface area contributed by atoms with E-state index in [1.807, 2.05) is 61.5 Å². The van der Waals surface area contributed by atoms with Gasteiger partial charge in [0.15, 0.2) is 0 Å². The van der Waals surface area contributed by atoms with Crippen LogP contribution in [0.3, 0.4) is 0 Å². The van der Waals surface area contributed by atoms with Crippen molar-refractivity contribution in [2.45, 2.75) is 20.0 Å². The molecule has 0 bridgehead atoms. The summed E-state index contributed by atoms with van der Waals surface area (Å²) in [6.45, 7) is 2.94. The summed E-state index contributed by atoms with van der Waals surface area (Å²) in [5.74, 6) is 0.684. The van der Waals surface area contributed by atoms with Crippen molar-refractivity contribution in [1.29, 1.82) is 0 Å². The minimum Gasteiger partial charge on any atom is -0.455 e. The lowest BCUT2D eigenvalue weighted by molar-refractivity contribution is 0.618. The molecule has 0 saturated heterocycles. The molecule has 5 rings (SSSR count). The van der Waals surface area contributed by atoms with Crippen LogP contribution >= 0.6 is 11.6 Å². The number of nitrogens with zero attached hydrogens (tertiary/aromatic N) is 3. The second-order valence-electron chi connectivity index (χ2n) is 6.90. The molecule has 0 atom stereocenters. The third-order valence-corrected chi connectivity index (χ3v) is 5.37. The summed E-state index contributed by atoms with van der Waals surface area (Å²) in [6.07, 6.45) is 3.33. The summed E-state index contributed by atoms with van der Waals surface area (Å²) in [5.41, 5.74) is 3.16. The Morgan fingerprint density at radius 1 is 1.07 bits per heavy atom. The Hall–Kier alpha value is -3.31. The van der Waals surface area contributed by atoms with Crippen LogP contribution in [0, 0.1) is 0 Å². The molecular weight excluding hydrogens is 386 g/mol. The zero-order valence-corrected chi connectivity index (χ0v) is 16.6. The van der Waals surface area contributed by atoms with E-state index in [0.717, 1.165) is 22.0 Å². The van der Waals surface area contributed by atoms with Crippen molar-refractivity contribution in [2.24, 2.45) is 0 Å². The van der Waals surface area contributed by atoms with E-state index in [9.17, 15) is 4.79 Å². The molecule has 0 aliphatic carbocycles. The molecule has 5 nitrogen and oxygen atoms in total. The van der Waals surface area contributed by atoms with Crippen LogP contribution in [0.15, 0.2) is 76.2 Å². The van der Waals surface area contributed by atoms with E-state index in [4.69, 9.17) is 16.0 Å². The molecule has 0 aliphatic heterocycles. The topological polar surface area (TPSA) is 53.0 Å². The molecule has 144 valence electrons. The van der Waals surface area contributed by atoms with Crippen LogP contribution < -0.4 is 5.56 Å². The number of pyridine rings is 1.